The summed E-state index contributed by atoms with van der Waals surface area (Å²) >= 11 is 0. The van der Waals surface area contributed by atoms with Crippen molar-refractivity contribution < 1.29 is 9.53 Å². The van der Waals surface area contributed by atoms with Gasteiger partial charge < -0.3 is 9.64 Å². The number of rotatable bonds is 4. The summed E-state index contributed by atoms with van der Waals surface area (Å²) < 4.78 is 5.53. The van der Waals surface area contributed by atoms with Crippen molar-refractivity contribution in [3.8, 4) is 0 Å². The maximum Gasteiger partial charge on any atom is 0.309 e. The van der Waals surface area contributed by atoms with Gasteiger partial charge in [0.05, 0.1) is 5.92 Å². The van der Waals surface area contributed by atoms with Crippen molar-refractivity contribution in [2.45, 2.75) is 57.6 Å². The van der Waals surface area contributed by atoms with Gasteiger partial charge >= 0.3 is 5.97 Å². The van der Waals surface area contributed by atoms with E-state index in [2.05, 4.69) is 4.90 Å². The zero-order valence-electron chi connectivity index (χ0n) is 14.5. The topological polar surface area (TPSA) is 29.5 Å². The molecule has 1 unspecified atom stereocenters. The van der Waals surface area contributed by atoms with E-state index < -0.39 is 0 Å². The first-order chi connectivity index (χ1) is 11.8. The van der Waals surface area contributed by atoms with Crippen LogP contribution < -0.4 is 0 Å². The monoisotopic (exact) mass is 327 g/mol. The molecule has 1 heterocycles. The second-order valence-electron chi connectivity index (χ2n) is 8.07. The van der Waals surface area contributed by atoms with Gasteiger partial charge in [-0.25, -0.2) is 0 Å². The average Bonchev–Trinajstić information content (AvgIpc) is 2.98. The van der Waals surface area contributed by atoms with Gasteiger partial charge in [-0.05, 0) is 62.6 Å². The minimum atomic E-state index is 0.00205. The van der Waals surface area contributed by atoms with Crippen LogP contribution in [0.3, 0.4) is 0 Å². The molecule has 2 aliphatic carbocycles. The van der Waals surface area contributed by atoms with Gasteiger partial charge in [-0.2, -0.15) is 0 Å². The molecule has 0 amide bonds. The largest absolute Gasteiger partial charge is 0.461 e. The van der Waals surface area contributed by atoms with E-state index in [4.69, 9.17) is 4.74 Å². The molecule has 1 aromatic carbocycles. The lowest BCUT2D eigenvalue weighted by atomic mass is 9.83. The Kier molecular flexibility index (Phi) is 4.88. The van der Waals surface area contributed by atoms with E-state index >= 15 is 0 Å². The van der Waals surface area contributed by atoms with Crippen LogP contribution in [0, 0.1) is 17.8 Å². The van der Waals surface area contributed by atoms with E-state index in [9.17, 15) is 4.79 Å². The van der Waals surface area contributed by atoms with E-state index in [0.717, 1.165) is 49.4 Å². The number of nitrogens with zero attached hydrogens (tertiary/aromatic N) is 1. The molecule has 1 aliphatic heterocycles. The standard InChI is InChI=1S/C21H29NO2/c23-21(24-15-16-4-2-1-3-5-16)19-8-10-22(11-9-19)20-13-17-6-7-18(12-17)14-20/h1-5,17-20H,6-15H2/t17-,18+,20?. The summed E-state index contributed by atoms with van der Waals surface area (Å²) in [6.07, 6.45) is 9.16. The summed E-state index contributed by atoms with van der Waals surface area (Å²) in [6, 6.07) is 10.8. The highest BCUT2D eigenvalue weighted by atomic mass is 16.5. The van der Waals surface area contributed by atoms with Gasteiger partial charge in [-0.3, -0.25) is 4.79 Å². The second-order valence-corrected chi connectivity index (χ2v) is 8.07. The molecular weight excluding hydrogens is 298 g/mol. The third-order valence-electron chi connectivity index (χ3n) is 6.46. The summed E-state index contributed by atoms with van der Waals surface area (Å²) in [5.41, 5.74) is 1.07. The summed E-state index contributed by atoms with van der Waals surface area (Å²) in [5, 5.41) is 0. The van der Waals surface area contributed by atoms with E-state index in [0.29, 0.717) is 6.61 Å². The van der Waals surface area contributed by atoms with Crippen molar-refractivity contribution in [1.82, 2.24) is 4.90 Å². The third kappa shape index (κ3) is 3.66. The number of hydrogen-bond donors (Lipinski definition) is 0. The van der Waals surface area contributed by atoms with Crippen molar-refractivity contribution in [1.29, 1.82) is 0 Å². The van der Waals surface area contributed by atoms with Crippen LogP contribution in [-0.2, 0) is 16.1 Å². The van der Waals surface area contributed by atoms with Crippen LogP contribution in [0.1, 0.15) is 50.5 Å². The zero-order chi connectivity index (χ0) is 16.4. The van der Waals surface area contributed by atoms with Crippen LogP contribution in [0.5, 0.6) is 0 Å². The van der Waals surface area contributed by atoms with Crippen molar-refractivity contribution in [3.05, 3.63) is 35.9 Å². The van der Waals surface area contributed by atoms with Crippen LogP contribution in [0.4, 0.5) is 0 Å². The molecule has 3 heteroatoms. The number of likely N-dealkylation sites (tertiary alicyclic amines) is 1. The molecule has 1 aromatic rings. The number of benzene rings is 1. The molecule has 2 saturated carbocycles. The summed E-state index contributed by atoms with van der Waals surface area (Å²) in [7, 11) is 0. The fourth-order valence-electron chi connectivity index (χ4n) is 5.12. The van der Waals surface area contributed by atoms with Gasteiger partial charge in [0.1, 0.15) is 6.61 Å². The van der Waals surface area contributed by atoms with Crippen LogP contribution >= 0.6 is 0 Å². The molecule has 2 bridgehead atoms. The molecule has 3 nitrogen and oxygen atoms in total. The third-order valence-corrected chi connectivity index (χ3v) is 6.46. The van der Waals surface area contributed by atoms with Crippen LogP contribution in [-0.4, -0.2) is 30.0 Å². The minimum absolute atomic E-state index is 0.00205. The van der Waals surface area contributed by atoms with E-state index in [-0.39, 0.29) is 11.9 Å². The molecule has 0 aromatic heterocycles. The quantitative estimate of drug-likeness (QED) is 0.782. The SMILES string of the molecule is O=C(OCc1ccccc1)C1CCN(C2C[C@H]3CC[C@@H](C2)C3)CC1. The maximum absolute atomic E-state index is 12.3. The Bertz CT molecular complexity index is 538. The molecule has 3 atom stereocenters. The van der Waals surface area contributed by atoms with Crippen LogP contribution in [0.2, 0.25) is 0 Å². The lowest BCUT2D eigenvalue weighted by Gasteiger charge is -2.40. The molecular formula is C21H29NO2. The number of carbonyl (C=O) groups excluding carboxylic acids is 1. The number of ether oxygens (including phenoxy) is 1. The highest BCUT2D eigenvalue weighted by molar-refractivity contribution is 5.72. The van der Waals surface area contributed by atoms with E-state index in [1.165, 1.54) is 32.1 Å². The number of esters is 1. The van der Waals surface area contributed by atoms with Gasteiger partial charge in [-0.1, -0.05) is 43.2 Å². The lowest BCUT2D eigenvalue weighted by Crippen LogP contribution is -2.45. The normalized spacial score (nSPS) is 31.1. The van der Waals surface area contributed by atoms with E-state index in [1.807, 2.05) is 30.3 Å². The fourth-order valence-corrected chi connectivity index (χ4v) is 5.12. The van der Waals surface area contributed by atoms with Crippen LogP contribution in [0.25, 0.3) is 0 Å². The smallest absolute Gasteiger partial charge is 0.309 e. The Hall–Kier alpha value is -1.35. The average molecular weight is 327 g/mol. The Balaban J connectivity index is 1.23. The first kappa shape index (κ1) is 16.1. The van der Waals surface area contributed by atoms with Gasteiger partial charge in [0.15, 0.2) is 0 Å². The molecule has 0 spiro atoms. The summed E-state index contributed by atoms with van der Waals surface area (Å²) in [4.78, 5) is 15.0. The molecule has 130 valence electrons. The summed E-state index contributed by atoms with van der Waals surface area (Å²) in [6.45, 7) is 2.57. The number of fused-ring (bicyclic) bond motifs is 2. The number of carbonyl (C=O) groups is 1. The Morgan fingerprint density at radius 1 is 0.958 bits per heavy atom. The number of hydrogen-bond acceptors (Lipinski definition) is 3. The minimum Gasteiger partial charge on any atom is -0.461 e. The number of piperidine rings is 1. The van der Waals surface area contributed by atoms with Crippen molar-refractivity contribution in [3.63, 3.8) is 0 Å². The fraction of sp³-hybridized carbons (Fsp3) is 0.667. The lowest BCUT2D eigenvalue weighted by molar-refractivity contribution is -0.151. The Morgan fingerprint density at radius 2 is 1.62 bits per heavy atom. The molecule has 3 aliphatic rings. The molecule has 24 heavy (non-hydrogen) atoms. The van der Waals surface area contributed by atoms with Crippen molar-refractivity contribution in [2.24, 2.45) is 17.8 Å². The van der Waals surface area contributed by atoms with Crippen molar-refractivity contribution >= 4 is 5.97 Å². The summed E-state index contributed by atoms with van der Waals surface area (Å²) in [5.74, 6) is 2.08. The first-order valence-corrected chi connectivity index (χ1v) is 9.72. The maximum atomic E-state index is 12.3. The van der Waals surface area contributed by atoms with Crippen molar-refractivity contribution in [2.75, 3.05) is 13.1 Å². The van der Waals surface area contributed by atoms with Gasteiger partial charge in [0.2, 0.25) is 0 Å². The predicted octanol–water partition coefficient (Wildman–Crippen LogP) is 4.02. The molecule has 0 radical (unpaired) electrons. The van der Waals surface area contributed by atoms with Gasteiger partial charge in [0, 0.05) is 6.04 Å². The molecule has 3 fully saturated rings. The molecule has 1 saturated heterocycles. The highest BCUT2D eigenvalue weighted by Crippen LogP contribution is 2.44. The molecule has 0 N–H and O–H groups in total. The molecule has 4 rings (SSSR count). The van der Waals surface area contributed by atoms with Gasteiger partial charge in [0.25, 0.3) is 0 Å². The Morgan fingerprint density at radius 3 is 2.29 bits per heavy atom. The van der Waals surface area contributed by atoms with Crippen LogP contribution in [0.15, 0.2) is 30.3 Å². The Labute approximate surface area is 145 Å². The van der Waals surface area contributed by atoms with Gasteiger partial charge in [-0.15, -0.1) is 0 Å². The van der Waals surface area contributed by atoms with E-state index in [1.54, 1.807) is 0 Å². The first-order valence-electron chi connectivity index (χ1n) is 9.72. The zero-order valence-corrected chi connectivity index (χ0v) is 14.5. The second kappa shape index (κ2) is 7.26. The highest BCUT2D eigenvalue weighted by Gasteiger charge is 2.38. The predicted molar refractivity (Wildman–Crippen MR) is 94.4 cm³/mol.